The van der Waals surface area contributed by atoms with E-state index < -0.39 is 11.0 Å². The monoisotopic (exact) mass is 455 g/mol. The summed E-state index contributed by atoms with van der Waals surface area (Å²) in [4.78, 5) is 28.2. The van der Waals surface area contributed by atoms with Gasteiger partial charge in [0.2, 0.25) is 5.95 Å². The van der Waals surface area contributed by atoms with Crippen molar-refractivity contribution >= 4 is 40.6 Å². The lowest BCUT2D eigenvalue weighted by atomic mass is 9.85. The number of allylic oxidation sites excluding steroid dienone is 2. The smallest absolute Gasteiger partial charge is 0.270 e. The van der Waals surface area contributed by atoms with E-state index in [-0.39, 0.29) is 11.5 Å². The van der Waals surface area contributed by atoms with E-state index in [9.17, 15) is 14.9 Å². The summed E-state index contributed by atoms with van der Waals surface area (Å²) in [5.74, 6) is 0.769. The van der Waals surface area contributed by atoms with Crippen molar-refractivity contribution in [2.45, 2.75) is 25.3 Å². The van der Waals surface area contributed by atoms with Crippen molar-refractivity contribution in [2.75, 3.05) is 5.32 Å². The fourth-order valence-corrected chi connectivity index (χ4v) is 4.47. The van der Waals surface area contributed by atoms with Crippen LogP contribution in [-0.4, -0.2) is 25.5 Å². The number of rotatable bonds is 3. The number of nitrogens with zero attached hydrogens (tertiary/aromatic N) is 4. The van der Waals surface area contributed by atoms with Crippen molar-refractivity contribution in [1.82, 2.24) is 14.8 Å². The highest BCUT2D eigenvalue weighted by Crippen LogP contribution is 2.43. The van der Waals surface area contributed by atoms with Crippen LogP contribution in [0.15, 0.2) is 53.7 Å². The molecule has 0 fully saturated rings. The van der Waals surface area contributed by atoms with Gasteiger partial charge in [-0.2, -0.15) is 4.98 Å². The molecule has 31 heavy (non-hydrogen) atoms. The number of Topliss-reactive ketones (excluding diaryl/α,β-unsaturated/α-hetero) is 1. The van der Waals surface area contributed by atoms with Crippen LogP contribution in [0.4, 0.5) is 11.6 Å². The molecule has 0 saturated carbocycles. The topological polar surface area (TPSA) is 103 Å². The molecule has 3 aromatic rings. The molecule has 1 N–H and O–H groups in total. The number of nitro groups is 1. The van der Waals surface area contributed by atoms with Gasteiger partial charge in [-0.1, -0.05) is 47.5 Å². The molecule has 5 rings (SSSR count). The fourth-order valence-electron chi connectivity index (χ4n) is 4.06. The predicted molar refractivity (Wildman–Crippen MR) is 116 cm³/mol. The number of nitro benzene ring substituents is 1. The molecule has 10 heteroatoms. The lowest BCUT2D eigenvalue weighted by Gasteiger charge is -2.32. The molecule has 1 atom stereocenters. The Morgan fingerprint density at radius 3 is 2.77 bits per heavy atom. The molecular formula is C21H15Cl2N5O3. The molecule has 2 aromatic carbocycles. The van der Waals surface area contributed by atoms with Crippen molar-refractivity contribution in [3.8, 4) is 11.4 Å². The molecular weight excluding hydrogens is 441 g/mol. The summed E-state index contributed by atoms with van der Waals surface area (Å²) in [5, 5.41) is 19.7. The highest BCUT2D eigenvalue weighted by molar-refractivity contribution is 6.42. The van der Waals surface area contributed by atoms with Gasteiger partial charge in [-0.05, 0) is 18.9 Å². The van der Waals surface area contributed by atoms with E-state index in [1.807, 2.05) is 6.07 Å². The maximum atomic E-state index is 12.9. The molecule has 1 unspecified atom stereocenters. The molecule has 1 aliphatic carbocycles. The second kappa shape index (κ2) is 7.47. The van der Waals surface area contributed by atoms with Crippen LogP contribution in [0.3, 0.4) is 0 Å². The highest BCUT2D eigenvalue weighted by Gasteiger charge is 2.38. The van der Waals surface area contributed by atoms with Gasteiger partial charge < -0.3 is 5.32 Å². The zero-order valence-corrected chi connectivity index (χ0v) is 17.5. The summed E-state index contributed by atoms with van der Waals surface area (Å²) < 4.78 is 1.60. The first-order valence-electron chi connectivity index (χ1n) is 9.62. The lowest BCUT2D eigenvalue weighted by molar-refractivity contribution is -0.384. The van der Waals surface area contributed by atoms with Gasteiger partial charge in [-0.3, -0.25) is 14.9 Å². The molecule has 0 saturated heterocycles. The standard InChI is InChI=1S/C21H15Cl2N5O3/c22-14-7-2-6-13(18(14)23)19-17-15(8-3-9-16(17)29)24-21-25-20(26-27(19)21)11-4-1-5-12(10-11)28(30)31/h1-2,4-7,10,19H,3,8-9H2,(H,24,25,26). The van der Waals surface area contributed by atoms with Crippen molar-refractivity contribution < 1.29 is 9.72 Å². The number of anilines is 1. The minimum atomic E-state index is -0.592. The molecule has 8 nitrogen and oxygen atoms in total. The van der Waals surface area contributed by atoms with Gasteiger partial charge >= 0.3 is 0 Å². The molecule has 156 valence electrons. The van der Waals surface area contributed by atoms with Crippen LogP contribution in [-0.2, 0) is 4.79 Å². The van der Waals surface area contributed by atoms with Gasteiger partial charge in [0.05, 0.1) is 15.0 Å². The molecule has 1 aromatic heterocycles. The Kier molecular flexibility index (Phi) is 4.75. The number of aromatic nitrogens is 3. The number of halogens is 2. The van der Waals surface area contributed by atoms with Crippen LogP contribution in [0.25, 0.3) is 11.4 Å². The first-order valence-corrected chi connectivity index (χ1v) is 10.4. The lowest BCUT2D eigenvalue weighted by Crippen LogP contribution is -2.31. The quantitative estimate of drug-likeness (QED) is 0.430. The zero-order chi connectivity index (χ0) is 21.7. The summed E-state index contributed by atoms with van der Waals surface area (Å²) in [7, 11) is 0. The maximum absolute atomic E-state index is 12.9. The SMILES string of the molecule is O=C1CCCC2=C1C(c1cccc(Cl)c1Cl)n1nc(-c3cccc([N+](=O)[O-])c3)nc1N2. The van der Waals surface area contributed by atoms with E-state index in [1.54, 1.807) is 28.9 Å². The van der Waals surface area contributed by atoms with Crippen molar-refractivity contribution in [1.29, 1.82) is 0 Å². The molecule has 0 spiro atoms. The second-order valence-corrected chi connectivity index (χ2v) is 8.14. The number of benzene rings is 2. The van der Waals surface area contributed by atoms with Gasteiger partial charge in [-0.15, -0.1) is 5.10 Å². The number of fused-ring (bicyclic) bond motifs is 1. The Bertz CT molecular complexity index is 1280. The average Bonchev–Trinajstić information content (AvgIpc) is 3.18. The molecule has 1 aliphatic heterocycles. The number of ketones is 1. The number of carbonyl (C=O) groups excluding carboxylic acids is 1. The molecule has 0 bridgehead atoms. The average molecular weight is 456 g/mol. The van der Waals surface area contributed by atoms with Gasteiger partial charge in [0, 0.05) is 41.0 Å². The molecule has 0 radical (unpaired) electrons. The minimum absolute atomic E-state index is 0.0211. The van der Waals surface area contributed by atoms with E-state index in [0.29, 0.717) is 51.4 Å². The van der Waals surface area contributed by atoms with Crippen LogP contribution in [0.5, 0.6) is 0 Å². The van der Waals surface area contributed by atoms with E-state index in [0.717, 1.165) is 12.1 Å². The van der Waals surface area contributed by atoms with Crippen molar-refractivity contribution in [3.05, 3.63) is 79.5 Å². The third-order valence-electron chi connectivity index (χ3n) is 5.46. The first kappa shape index (κ1) is 19.7. The largest absolute Gasteiger partial charge is 0.328 e. The van der Waals surface area contributed by atoms with Crippen LogP contribution in [0.1, 0.15) is 30.9 Å². The third kappa shape index (κ3) is 3.28. The number of non-ortho nitro benzene ring substituents is 1. The summed E-state index contributed by atoms with van der Waals surface area (Å²) in [6.07, 6.45) is 1.89. The van der Waals surface area contributed by atoms with Crippen LogP contribution >= 0.6 is 23.2 Å². The minimum Gasteiger partial charge on any atom is -0.328 e. The molecule has 0 amide bonds. The first-order chi connectivity index (χ1) is 14.9. The normalized spacial score (nSPS) is 17.7. The van der Waals surface area contributed by atoms with Crippen molar-refractivity contribution in [2.24, 2.45) is 0 Å². The Hall–Kier alpha value is -3.23. The van der Waals surface area contributed by atoms with Gasteiger partial charge in [0.1, 0.15) is 6.04 Å². The van der Waals surface area contributed by atoms with Crippen LogP contribution < -0.4 is 5.32 Å². The number of hydrogen-bond donors (Lipinski definition) is 1. The molecule has 2 heterocycles. The number of nitrogens with one attached hydrogen (secondary N) is 1. The Morgan fingerprint density at radius 2 is 1.97 bits per heavy atom. The van der Waals surface area contributed by atoms with Crippen LogP contribution in [0.2, 0.25) is 10.0 Å². The highest BCUT2D eigenvalue weighted by atomic mass is 35.5. The molecule has 2 aliphatic rings. The van der Waals surface area contributed by atoms with E-state index in [1.165, 1.54) is 12.1 Å². The number of carbonyl (C=O) groups is 1. The summed E-state index contributed by atoms with van der Waals surface area (Å²) >= 11 is 12.8. The van der Waals surface area contributed by atoms with E-state index in [4.69, 9.17) is 23.2 Å². The zero-order valence-electron chi connectivity index (χ0n) is 16.0. The summed E-state index contributed by atoms with van der Waals surface area (Å²) in [6.45, 7) is 0. The summed E-state index contributed by atoms with van der Waals surface area (Å²) in [6, 6.07) is 10.8. The third-order valence-corrected chi connectivity index (χ3v) is 6.29. The van der Waals surface area contributed by atoms with Crippen LogP contribution in [0, 0.1) is 10.1 Å². The fraction of sp³-hybridized carbons (Fsp3) is 0.190. The van der Waals surface area contributed by atoms with Gasteiger partial charge in [0.15, 0.2) is 11.6 Å². The second-order valence-electron chi connectivity index (χ2n) is 7.35. The van der Waals surface area contributed by atoms with Gasteiger partial charge in [-0.25, -0.2) is 4.68 Å². The van der Waals surface area contributed by atoms with E-state index >= 15 is 0 Å². The predicted octanol–water partition coefficient (Wildman–Crippen LogP) is 5.18. The number of hydrogen-bond acceptors (Lipinski definition) is 6. The van der Waals surface area contributed by atoms with E-state index in [2.05, 4.69) is 15.4 Å². The maximum Gasteiger partial charge on any atom is 0.270 e. The Labute approximate surface area is 186 Å². The van der Waals surface area contributed by atoms with Gasteiger partial charge in [0.25, 0.3) is 5.69 Å². The summed E-state index contributed by atoms with van der Waals surface area (Å²) in [5.41, 5.74) is 2.48. The Morgan fingerprint density at radius 1 is 1.16 bits per heavy atom. The van der Waals surface area contributed by atoms with Crippen molar-refractivity contribution in [3.63, 3.8) is 0 Å². The Balaban J connectivity index is 1.69.